The maximum absolute atomic E-state index is 5.83. The molecule has 1 aromatic rings. The molecule has 0 atom stereocenters. The molecule has 0 aromatic heterocycles. The molecule has 0 aliphatic heterocycles. The summed E-state index contributed by atoms with van der Waals surface area (Å²) in [7, 11) is 0. The Morgan fingerprint density at radius 3 is 2.31 bits per heavy atom. The molecule has 0 radical (unpaired) electrons. The van der Waals surface area contributed by atoms with Crippen molar-refractivity contribution < 1.29 is 0 Å². The molecule has 0 fully saturated rings. The molecule has 0 aliphatic rings. The van der Waals surface area contributed by atoms with Gasteiger partial charge in [-0.05, 0) is 30.8 Å². The van der Waals surface area contributed by atoms with Crippen LogP contribution < -0.4 is 5.32 Å². The van der Waals surface area contributed by atoms with E-state index in [0.717, 1.165) is 37.7 Å². The third-order valence-corrected chi connectivity index (χ3v) is 2.99. The number of likely N-dealkylation sites (N-methyl/N-ethyl adjacent to an activating group) is 1. The molecule has 1 aromatic carbocycles. The van der Waals surface area contributed by atoms with Crippen LogP contribution in [0.1, 0.15) is 19.4 Å². The van der Waals surface area contributed by atoms with Crippen LogP contribution in [0, 0.1) is 0 Å². The monoisotopic (exact) mass is 240 g/mol. The van der Waals surface area contributed by atoms with Crippen molar-refractivity contribution in [2.45, 2.75) is 20.4 Å². The van der Waals surface area contributed by atoms with E-state index < -0.39 is 0 Å². The summed E-state index contributed by atoms with van der Waals surface area (Å²) in [5.74, 6) is 0. The fourth-order valence-corrected chi connectivity index (χ4v) is 1.74. The van der Waals surface area contributed by atoms with E-state index in [1.807, 2.05) is 12.1 Å². The minimum absolute atomic E-state index is 0.798. The van der Waals surface area contributed by atoms with Gasteiger partial charge in [0.2, 0.25) is 0 Å². The minimum atomic E-state index is 0.798. The van der Waals surface area contributed by atoms with Crippen molar-refractivity contribution >= 4 is 11.6 Å². The van der Waals surface area contributed by atoms with E-state index in [4.69, 9.17) is 11.6 Å². The van der Waals surface area contributed by atoms with Crippen LogP contribution in [0.4, 0.5) is 0 Å². The Bertz CT molecular complexity index is 280. The highest BCUT2D eigenvalue weighted by Crippen LogP contribution is 2.08. The zero-order chi connectivity index (χ0) is 11.8. The van der Waals surface area contributed by atoms with Crippen molar-refractivity contribution in [3.05, 3.63) is 34.9 Å². The molecule has 3 heteroatoms. The van der Waals surface area contributed by atoms with Gasteiger partial charge in [0.05, 0.1) is 0 Å². The van der Waals surface area contributed by atoms with Crippen LogP contribution in [-0.2, 0) is 6.54 Å². The molecule has 2 nitrogen and oxygen atoms in total. The van der Waals surface area contributed by atoms with Crippen molar-refractivity contribution in [2.24, 2.45) is 0 Å². The molecular weight excluding hydrogens is 220 g/mol. The number of benzene rings is 1. The van der Waals surface area contributed by atoms with Gasteiger partial charge in [-0.3, -0.25) is 0 Å². The van der Waals surface area contributed by atoms with Gasteiger partial charge in [-0.2, -0.15) is 0 Å². The fourth-order valence-electron chi connectivity index (χ4n) is 1.61. The lowest BCUT2D eigenvalue weighted by molar-refractivity contribution is 0.302. The van der Waals surface area contributed by atoms with E-state index in [1.54, 1.807) is 0 Å². The molecular formula is C13H21ClN2. The summed E-state index contributed by atoms with van der Waals surface area (Å²) in [5.41, 5.74) is 1.28. The van der Waals surface area contributed by atoms with Gasteiger partial charge in [0.25, 0.3) is 0 Å². The molecule has 0 aliphatic carbocycles. The number of rotatable bonds is 7. The Hall–Kier alpha value is -0.570. The first-order chi connectivity index (χ1) is 7.76. The third-order valence-electron chi connectivity index (χ3n) is 2.74. The van der Waals surface area contributed by atoms with Gasteiger partial charge in [0.1, 0.15) is 0 Å². The molecule has 0 bridgehead atoms. The van der Waals surface area contributed by atoms with Gasteiger partial charge < -0.3 is 10.2 Å². The van der Waals surface area contributed by atoms with Crippen molar-refractivity contribution in [1.82, 2.24) is 10.2 Å². The Balaban J connectivity index is 2.18. The highest BCUT2D eigenvalue weighted by atomic mass is 35.5. The predicted octanol–water partition coefficient (Wildman–Crippen LogP) is 2.77. The average molecular weight is 241 g/mol. The Kier molecular flexibility index (Phi) is 6.46. The molecule has 1 rings (SSSR count). The third kappa shape index (κ3) is 4.97. The van der Waals surface area contributed by atoms with Crippen molar-refractivity contribution in [1.29, 1.82) is 0 Å². The summed E-state index contributed by atoms with van der Waals surface area (Å²) in [6, 6.07) is 7.99. The van der Waals surface area contributed by atoms with Crippen LogP contribution in [0.5, 0.6) is 0 Å². The fraction of sp³-hybridized carbons (Fsp3) is 0.538. The molecule has 16 heavy (non-hydrogen) atoms. The van der Waals surface area contributed by atoms with Gasteiger partial charge in [-0.1, -0.05) is 37.6 Å². The van der Waals surface area contributed by atoms with Gasteiger partial charge in [0, 0.05) is 24.7 Å². The maximum Gasteiger partial charge on any atom is 0.0406 e. The van der Waals surface area contributed by atoms with Gasteiger partial charge in [-0.25, -0.2) is 0 Å². The zero-order valence-corrected chi connectivity index (χ0v) is 10.9. The Labute approximate surface area is 104 Å². The molecule has 0 saturated heterocycles. The lowest BCUT2D eigenvalue weighted by Crippen LogP contribution is -2.31. The molecule has 0 amide bonds. The summed E-state index contributed by atoms with van der Waals surface area (Å²) in [6.45, 7) is 9.70. The van der Waals surface area contributed by atoms with Gasteiger partial charge in [0.15, 0.2) is 0 Å². The SMILES string of the molecule is CCN(CC)CCNCc1ccc(Cl)cc1. The summed E-state index contributed by atoms with van der Waals surface area (Å²) in [4.78, 5) is 2.41. The molecule has 0 spiro atoms. The second-order valence-electron chi connectivity index (χ2n) is 3.83. The smallest absolute Gasteiger partial charge is 0.0406 e. The Morgan fingerprint density at radius 2 is 1.75 bits per heavy atom. The summed E-state index contributed by atoms with van der Waals surface area (Å²) in [6.07, 6.45) is 0. The van der Waals surface area contributed by atoms with Crippen LogP contribution in [0.25, 0.3) is 0 Å². The highest BCUT2D eigenvalue weighted by Gasteiger charge is 1.97. The van der Waals surface area contributed by atoms with E-state index in [-0.39, 0.29) is 0 Å². The van der Waals surface area contributed by atoms with Crippen molar-refractivity contribution in [2.75, 3.05) is 26.2 Å². The maximum atomic E-state index is 5.83. The first-order valence-corrected chi connectivity index (χ1v) is 6.31. The highest BCUT2D eigenvalue weighted by molar-refractivity contribution is 6.30. The van der Waals surface area contributed by atoms with E-state index in [2.05, 4.69) is 36.2 Å². The van der Waals surface area contributed by atoms with Crippen LogP contribution >= 0.6 is 11.6 Å². The number of hydrogen-bond donors (Lipinski definition) is 1. The average Bonchev–Trinajstić information content (AvgIpc) is 2.32. The summed E-state index contributed by atoms with van der Waals surface area (Å²) >= 11 is 5.83. The predicted molar refractivity (Wildman–Crippen MR) is 70.9 cm³/mol. The quantitative estimate of drug-likeness (QED) is 0.738. The molecule has 0 heterocycles. The van der Waals surface area contributed by atoms with E-state index in [0.29, 0.717) is 0 Å². The zero-order valence-electron chi connectivity index (χ0n) is 10.2. The standard InChI is InChI=1S/C13H21ClN2/c1-3-16(4-2)10-9-15-11-12-5-7-13(14)8-6-12/h5-8,15H,3-4,9-11H2,1-2H3. The number of nitrogens with zero attached hydrogens (tertiary/aromatic N) is 1. The number of nitrogens with one attached hydrogen (secondary N) is 1. The molecule has 90 valence electrons. The topological polar surface area (TPSA) is 15.3 Å². The first kappa shape index (κ1) is 13.5. The summed E-state index contributed by atoms with van der Waals surface area (Å²) < 4.78 is 0. The Morgan fingerprint density at radius 1 is 1.12 bits per heavy atom. The first-order valence-electron chi connectivity index (χ1n) is 5.93. The van der Waals surface area contributed by atoms with Crippen molar-refractivity contribution in [3.8, 4) is 0 Å². The van der Waals surface area contributed by atoms with E-state index in [1.165, 1.54) is 5.56 Å². The van der Waals surface area contributed by atoms with Crippen LogP contribution in [0.2, 0.25) is 5.02 Å². The minimum Gasteiger partial charge on any atom is -0.311 e. The lowest BCUT2D eigenvalue weighted by Gasteiger charge is -2.17. The van der Waals surface area contributed by atoms with E-state index >= 15 is 0 Å². The van der Waals surface area contributed by atoms with E-state index in [9.17, 15) is 0 Å². The van der Waals surface area contributed by atoms with Crippen LogP contribution in [0.15, 0.2) is 24.3 Å². The largest absolute Gasteiger partial charge is 0.311 e. The van der Waals surface area contributed by atoms with Gasteiger partial charge in [-0.15, -0.1) is 0 Å². The van der Waals surface area contributed by atoms with Crippen LogP contribution in [0.3, 0.4) is 0 Å². The van der Waals surface area contributed by atoms with Crippen molar-refractivity contribution in [3.63, 3.8) is 0 Å². The lowest BCUT2D eigenvalue weighted by atomic mass is 10.2. The number of halogens is 1. The molecule has 0 saturated carbocycles. The second-order valence-corrected chi connectivity index (χ2v) is 4.27. The molecule has 0 unspecified atom stereocenters. The van der Waals surface area contributed by atoms with Crippen LogP contribution in [-0.4, -0.2) is 31.1 Å². The molecule has 1 N–H and O–H groups in total. The number of hydrogen-bond acceptors (Lipinski definition) is 2. The summed E-state index contributed by atoms with van der Waals surface area (Å²) in [5, 5.41) is 4.23. The normalized spacial score (nSPS) is 11.0. The van der Waals surface area contributed by atoms with Gasteiger partial charge >= 0.3 is 0 Å². The second kappa shape index (κ2) is 7.66.